The Labute approximate surface area is 98.3 Å². The molecule has 3 fully saturated rings. The van der Waals surface area contributed by atoms with Gasteiger partial charge in [-0.2, -0.15) is 0 Å². The maximum Gasteiger partial charge on any atom is 0.142 e. The lowest BCUT2D eigenvalue weighted by molar-refractivity contribution is -0.130. The van der Waals surface area contributed by atoms with Crippen molar-refractivity contribution in [2.75, 3.05) is 0 Å². The van der Waals surface area contributed by atoms with Crippen LogP contribution in [0.15, 0.2) is 12.2 Å². The van der Waals surface area contributed by atoms with Gasteiger partial charge in [0.05, 0.1) is 0 Å². The van der Waals surface area contributed by atoms with Gasteiger partial charge in [-0.3, -0.25) is 4.79 Å². The maximum atomic E-state index is 12.6. The number of carbonyl (C=O) groups excluding carboxylic acids is 1. The third-order valence-corrected chi connectivity index (χ3v) is 5.48. The molecule has 3 aliphatic rings. The number of fused-ring (bicyclic) bond motifs is 3. The van der Waals surface area contributed by atoms with Crippen molar-refractivity contribution < 1.29 is 4.79 Å². The average molecular weight is 218 g/mol. The van der Waals surface area contributed by atoms with Crippen LogP contribution in [0.5, 0.6) is 0 Å². The molecular weight excluding hydrogens is 196 g/mol. The lowest BCUT2D eigenvalue weighted by Crippen LogP contribution is -2.34. The van der Waals surface area contributed by atoms with Crippen LogP contribution < -0.4 is 0 Å². The predicted octanol–water partition coefficient (Wildman–Crippen LogP) is 3.74. The maximum absolute atomic E-state index is 12.6. The normalized spacial score (nSPS) is 47.7. The molecule has 3 rings (SSSR count). The Bertz CT molecular complexity index is 343. The minimum absolute atomic E-state index is 0.0327. The van der Waals surface area contributed by atoms with Crippen LogP contribution in [-0.2, 0) is 4.79 Å². The molecule has 4 atom stereocenters. The Balaban J connectivity index is 1.96. The molecule has 0 amide bonds. The first-order valence-corrected chi connectivity index (χ1v) is 6.84. The summed E-state index contributed by atoms with van der Waals surface area (Å²) in [5.74, 6) is 2.40. The molecule has 16 heavy (non-hydrogen) atoms. The number of hydrogen-bond acceptors (Lipinski definition) is 1. The summed E-state index contributed by atoms with van der Waals surface area (Å²) in [5, 5.41) is 0. The summed E-state index contributed by atoms with van der Waals surface area (Å²) in [7, 11) is 0. The van der Waals surface area contributed by atoms with Crippen molar-refractivity contribution in [3.63, 3.8) is 0 Å². The molecule has 0 aromatic heterocycles. The SMILES string of the molecule is C=C1CC[C@@H]2[C@H]3CCCC[C@@H]3C(=O)[C@]2(C)C1. The quantitative estimate of drug-likeness (QED) is 0.566. The van der Waals surface area contributed by atoms with Crippen LogP contribution in [-0.4, -0.2) is 5.78 Å². The molecule has 0 aromatic carbocycles. The molecule has 0 aliphatic heterocycles. The van der Waals surface area contributed by atoms with E-state index in [1.54, 1.807) is 0 Å². The molecule has 0 aromatic rings. The van der Waals surface area contributed by atoms with E-state index in [1.165, 1.54) is 37.7 Å². The highest BCUT2D eigenvalue weighted by Gasteiger charge is 2.57. The Morgan fingerprint density at radius 2 is 2.00 bits per heavy atom. The molecule has 0 spiro atoms. The second-order valence-electron chi connectivity index (χ2n) is 6.41. The number of rotatable bonds is 0. The van der Waals surface area contributed by atoms with Gasteiger partial charge in [0.2, 0.25) is 0 Å². The summed E-state index contributed by atoms with van der Waals surface area (Å²) >= 11 is 0. The zero-order valence-corrected chi connectivity index (χ0v) is 10.3. The minimum Gasteiger partial charge on any atom is -0.299 e. The first-order valence-electron chi connectivity index (χ1n) is 6.84. The van der Waals surface area contributed by atoms with Crippen molar-refractivity contribution >= 4 is 5.78 Å². The zero-order chi connectivity index (χ0) is 11.3. The summed E-state index contributed by atoms with van der Waals surface area (Å²) in [5.41, 5.74) is 1.28. The van der Waals surface area contributed by atoms with Gasteiger partial charge in [0.25, 0.3) is 0 Å². The summed E-state index contributed by atoms with van der Waals surface area (Å²) in [6.45, 7) is 6.34. The Morgan fingerprint density at radius 3 is 2.81 bits per heavy atom. The van der Waals surface area contributed by atoms with Crippen molar-refractivity contribution in [1.82, 2.24) is 0 Å². The Hall–Kier alpha value is -0.590. The number of allylic oxidation sites excluding steroid dienone is 1. The monoisotopic (exact) mass is 218 g/mol. The van der Waals surface area contributed by atoms with Gasteiger partial charge in [0.1, 0.15) is 5.78 Å². The van der Waals surface area contributed by atoms with Gasteiger partial charge in [0.15, 0.2) is 0 Å². The second kappa shape index (κ2) is 3.45. The molecule has 0 saturated heterocycles. The Morgan fingerprint density at radius 1 is 1.25 bits per heavy atom. The highest BCUT2D eigenvalue weighted by Crippen LogP contribution is 2.59. The predicted molar refractivity (Wildman–Crippen MR) is 65.0 cm³/mol. The van der Waals surface area contributed by atoms with E-state index < -0.39 is 0 Å². The van der Waals surface area contributed by atoms with E-state index >= 15 is 0 Å². The van der Waals surface area contributed by atoms with Crippen LogP contribution in [0.25, 0.3) is 0 Å². The number of ketones is 1. The van der Waals surface area contributed by atoms with Crippen LogP contribution >= 0.6 is 0 Å². The van der Waals surface area contributed by atoms with E-state index in [0.717, 1.165) is 18.8 Å². The summed E-state index contributed by atoms with van der Waals surface area (Å²) in [6, 6.07) is 0. The van der Waals surface area contributed by atoms with Crippen LogP contribution in [0.2, 0.25) is 0 Å². The summed E-state index contributed by atoms with van der Waals surface area (Å²) in [6.07, 6.45) is 8.46. The molecule has 0 radical (unpaired) electrons. The molecule has 1 heteroatoms. The smallest absolute Gasteiger partial charge is 0.142 e. The topological polar surface area (TPSA) is 17.1 Å². The van der Waals surface area contributed by atoms with Crippen LogP contribution in [0, 0.1) is 23.2 Å². The molecule has 0 bridgehead atoms. The van der Waals surface area contributed by atoms with Gasteiger partial charge >= 0.3 is 0 Å². The third-order valence-electron chi connectivity index (χ3n) is 5.48. The van der Waals surface area contributed by atoms with Crippen molar-refractivity contribution in [3.8, 4) is 0 Å². The third kappa shape index (κ3) is 1.26. The van der Waals surface area contributed by atoms with Crippen LogP contribution in [0.3, 0.4) is 0 Å². The van der Waals surface area contributed by atoms with Crippen molar-refractivity contribution in [2.45, 2.75) is 51.9 Å². The molecule has 3 aliphatic carbocycles. The van der Waals surface area contributed by atoms with E-state index in [0.29, 0.717) is 17.6 Å². The Kier molecular flexibility index (Phi) is 2.28. The van der Waals surface area contributed by atoms with Crippen LogP contribution in [0.4, 0.5) is 0 Å². The molecule has 88 valence electrons. The zero-order valence-electron chi connectivity index (χ0n) is 10.3. The van der Waals surface area contributed by atoms with E-state index in [4.69, 9.17) is 0 Å². The van der Waals surface area contributed by atoms with Gasteiger partial charge in [-0.1, -0.05) is 31.9 Å². The molecular formula is C15H22O. The average Bonchev–Trinajstić information content (AvgIpc) is 2.49. The number of hydrogen-bond donors (Lipinski definition) is 0. The molecule has 3 saturated carbocycles. The summed E-state index contributed by atoms with van der Waals surface area (Å²) in [4.78, 5) is 12.6. The highest BCUT2D eigenvalue weighted by atomic mass is 16.1. The lowest BCUT2D eigenvalue weighted by Gasteiger charge is -2.38. The lowest BCUT2D eigenvalue weighted by atomic mass is 9.65. The summed E-state index contributed by atoms with van der Waals surface area (Å²) < 4.78 is 0. The van der Waals surface area contributed by atoms with Gasteiger partial charge in [0, 0.05) is 11.3 Å². The van der Waals surface area contributed by atoms with Crippen LogP contribution in [0.1, 0.15) is 51.9 Å². The molecule has 0 heterocycles. The first kappa shape index (κ1) is 10.6. The van der Waals surface area contributed by atoms with E-state index in [2.05, 4.69) is 13.5 Å². The highest BCUT2D eigenvalue weighted by molar-refractivity contribution is 5.90. The standard InChI is InChI=1S/C15H22O/c1-10-7-8-13-11-5-3-4-6-12(11)14(16)15(13,2)9-10/h11-13H,1,3-9H2,2H3/t11-,12-,13+,15+/m0/s1. The van der Waals surface area contributed by atoms with E-state index in [1.807, 2.05) is 0 Å². The fourth-order valence-corrected chi connectivity index (χ4v) is 4.76. The number of carbonyl (C=O) groups is 1. The van der Waals surface area contributed by atoms with Crippen molar-refractivity contribution in [1.29, 1.82) is 0 Å². The van der Waals surface area contributed by atoms with Gasteiger partial charge < -0.3 is 0 Å². The fraction of sp³-hybridized carbons (Fsp3) is 0.800. The van der Waals surface area contributed by atoms with Crippen molar-refractivity contribution in [3.05, 3.63) is 12.2 Å². The molecule has 0 unspecified atom stereocenters. The number of Topliss-reactive ketones (excluding diaryl/α,β-unsaturated/α-hetero) is 1. The largest absolute Gasteiger partial charge is 0.299 e. The van der Waals surface area contributed by atoms with Crippen molar-refractivity contribution in [2.24, 2.45) is 23.2 Å². The van der Waals surface area contributed by atoms with Gasteiger partial charge in [-0.25, -0.2) is 0 Å². The minimum atomic E-state index is -0.0327. The molecule has 1 nitrogen and oxygen atoms in total. The van der Waals surface area contributed by atoms with Gasteiger partial charge in [-0.15, -0.1) is 0 Å². The fourth-order valence-electron chi connectivity index (χ4n) is 4.76. The van der Waals surface area contributed by atoms with E-state index in [9.17, 15) is 4.79 Å². The molecule has 0 N–H and O–H groups in total. The van der Waals surface area contributed by atoms with E-state index in [-0.39, 0.29) is 5.41 Å². The second-order valence-corrected chi connectivity index (χ2v) is 6.41. The van der Waals surface area contributed by atoms with Gasteiger partial charge in [-0.05, 0) is 43.9 Å². The first-order chi connectivity index (χ1) is 7.63.